The fourth-order valence-corrected chi connectivity index (χ4v) is 4.26. The van der Waals surface area contributed by atoms with Crippen LogP contribution in [0.4, 0.5) is 0 Å². The average molecular weight is 433 g/mol. The molecule has 31 heavy (non-hydrogen) atoms. The molecule has 2 aliphatic carbocycles. The Kier molecular flexibility index (Phi) is 4.86. The van der Waals surface area contributed by atoms with Crippen molar-refractivity contribution >= 4 is 23.3 Å². The van der Waals surface area contributed by atoms with E-state index in [1.54, 1.807) is 0 Å². The van der Waals surface area contributed by atoms with Crippen LogP contribution < -0.4 is 5.32 Å². The van der Waals surface area contributed by atoms with Crippen LogP contribution in [0.5, 0.6) is 0 Å². The topological polar surface area (TPSA) is 52.0 Å². The lowest BCUT2D eigenvalue weighted by molar-refractivity contribution is 0.0942. The number of hydrogen-bond donors (Lipinski definition) is 1. The van der Waals surface area contributed by atoms with Gasteiger partial charge in [0, 0.05) is 24.7 Å². The Labute approximate surface area is 187 Å². The standard InChI is InChI=1S/C25H25ClN4O/c1-16(31-25(2)8-9-25)29-24(23-14-27-15-30(23)3)21-11-18-5-4-10-28-22(18)12-17-6-7-19(26)13-20(17)21/h4-7,10-11,13-15,24,29H,1,8-9,12H2,2-3H3. The maximum absolute atomic E-state index is 6.45. The molecule has 5 rings (SSSR count). The van der Waals surface area contributed by atoms with Gasteiger partial charge in [-0.05, 0) is 72.9 Å². The summed E-state index contributed by atoms with van der Waals surface area (Å²) in [6.07, 6.45) is 10.6. The Morgan fingerprint density at radius 2 is 2.16 bits per heavy atom. The van der Waals surface area contributed by atoms with Crippen LogP contribution in [0, 0.1) is 0 Å². The van der Waals surface area contributed by atoms with Gasteiger partial charge < -0.3 is 14.6 Å². The number of halogens is 1. The molecule has 158 valence electrons. The molecule has 2 aromatic heterocycles. The van der Waals surface area contributed by atoms with E-state index in [4.69, 9.17) is 16.3 Å². The Morgan fingerprint density at radius 1 is 1.32 bits per heavy atom. The van der Waals surface area contributed by atoms with Crippen LogP contribution in [0.1, 0.15) is 53.9 Å². The lowest BCUT2D eigenvalue weighted by Crippen LogP contribution is -2.27. The summed E-state index contributed by atoms with van der Waals surface area (Å²) in [5.41, 5.74) is 6.40. The van der Waals surface area contributed by atoms with Crippen LogP contribution in [0.2, 0.25) is 5.02 Å². The zero-order valence-corrected chi connectivity index (χ0v) is 18.5. The number of hydrogen-bond acceptors (Lipinski definition) is 4. The van der Waals surface area contributed by atoms with Gasteiger partial charge >= 0.3 is 0 Å². The van der Waals surface area contributed by atoms with Crippen molar-refractivity contribution < 1.29 is 4.74 Å². The summed E-state index contributed by atoms with van der Waals surface area (Å²) in [5.74, 6) is 0.561. The lowest BCUT2D eigenvalue weighted by Gasteiger charge is -2.27. The summed E-state index contributed by atoms with van der Waals surface area (Å²) >= 11 is 6.45. The van der Waals surface area contributed by atoms with Gasteiger partial charge in [0.25, 0.3) is 0 Å². The second kappa shape index (κ2) is 7.57. The Morgan fingerprint density at radius 3 is 2.90 bits per heavy atom. The third kappa shape index (κ3) is 3.98. The first-order valence-electron chi connectivity index (χ1n) is 10.5. The largest absolute Gasteiger partial charge is 0.473 e. The summed E-state index contributed by atoms with van der Waals surface area (Å²) in [5, 5.41) is 4.24. The molecule has 0 radical (unpaired) electrons. The van der Waals surface area contributed by atoms with Gasteiger partial charge in [-0.2, -0.15) is 0 Å². The van der Waals surface area contributed by atoms with Crippen molar-refractivity contribution in [3.63, 3.8) is 0 Å². The smallest absolute Gasteiger partial charge is 0.180 e. The van der Waals surface area contributed by atoms with Gasteiger partial charge in [0.05, 0.1) is 30.0 Å². The molecule has 1 saturated carbocycles. The molecule has 1 fully saturated rings. The van der Waals surface area contributed by atoms with Crippen LogP contribution in [-0.2, 0) is 18.2 Å². The van der Waals surface area contributed by atoms with Crippen LogP contribution >= 0.6 is 11.6 Å². The van der Waals surface area contributed by atoms with E-state index in [9.17, 15) is 0 Å². The minimum absolute atomic E-state index is 0.114. The van der Waals surface area contributed by atoms with Gasteiger partial charge in [0.1, 0.15) is 5.60 Å². The predicted molar refractivity (Wildman–Crippen MR) is 123 cm³/mol. The molecule has 0 amide bonds. The van der Waals surface area contributed by atoms with E-state index in [2.05, 4.69) is 47.0 Å². The van der Waals surface area contributed by atoms with Gasteiger partial charge in [-0.15, -0.1) is 0 Å². The quantitative estimate of drug-likeness (QED) is 0.538. The minimum atomic E-state index is -0.217. The normalized spacial score (nSPS) is 16.9. The van der Waals surface area contributed by atoms with E-state index in [1.807, 2.05) is 48.5 Å². The highest BCUT2D eigenvalue weighted by Gasteiger charge is 2.41. The highest BCUT2D eigenvalue weighted by Crippen LogP contribution is 2.42. The van der Waals surface area contributed by atoms with Gasteiger partial charge in [-0.1, -0.05) is 23.7 Å². The highest BCUT2D eigenvalue weighted by atomic mass is 35.5. The summed E-state index contributed by atoms with van der Waals surface area (Å²) < 4.78 is 8.14. The molecule has 5 nitrogen and oxygen atoms in total. The molecule has 6 heteroatoms. The third-order valence-electron chi connectivity index (χ3n) is 6.07. The number of aromatic nitrogens is 3. The van der Waals surface area contributed by atoms with Gasteiger partial charge in [-0.25, -0.2) is 4.98 Å². The van der Waals surface area contributed by atoms with Gasteiger partial charge in [0.2, 0.25) is 0 Å². The second-order valence-electron chi connectivity index (χ2n) is 8.60. The minimum Gasteiger partial charge on any atom is -0.473 e. The molecule has 1 aromatic carbocycles. The maximum atomic E-state index is 6.45. The van der Waals surface area contributed by atoms with Crippen LogP contribution in [0.15, 0.2) is 61.5 Å². The molecule has 0 bridgehead atoms. The van der Waals surface area contributed by atoms with Crippen molar-refractivity contribution in [3.8, 4) is 0 Å². The zero-order valence-electron chi connectivity index (χ0n) is 17.7. The number of pyridine rings is 1. The molecule has 1 N–H and O–H groups in total. The average Bonchev–Trinajstić information content (AvgIpc) is 3.35. The van der Waals surface area contributed by atoms with E-state index in [1.165, 1.54) is 5.56 Å². The van der Waals surface area contributed by atoms with E-state index in [0.717, 1.165) is 47.4 Å². The van der Waals surface area contributed by atoms with Crippen molar-refractivity contribution in [1.29, 1.82) is 0 Å². The fraction of sp³-hybridized carbons (Fsp3) is 0.280. The predicted octanol–water partition coefficient (Wildman–Crippen LogP) is 5.28. The number of imidazole rings is 1. The maximum Gasteiger partial charge on any atom is 0.180 e. The number of nitrogens with one attached hydrogen (secondary N) is 1. The van der Waals surface area contributed by atoms with E-state index in [-0.39, 0.29) is 11.6 Å². The molecule has 0 saturated heterocycles. The number of fused-ring (bicyclic) bond motifs is 2. The summed E-state index contributed by atoms with van der Waals surface area (Å²) in [4.78, 5) is 8.99. The number of benzene rings is 1. The number of rotatable bonds is 6. The second-order valence-corrected chi connectivity index (χ2v) is 9.04. The van der Waals surface area contributed by atoms with Crippen LogP contribution in [0.25, 0.3) is 11.6 Å². The summed E-state index contributed by atoms with van der Waals surface area (Å²) in [7, 11) is 1.99. The van der Waals surface area contributed by atoms with Crippen molar-refractivity contribution in [2.24, 2.45) is 7.05 Å². The highest BCUT2D eigenvalue weighted by molar-refractivity contribution is 6.30. The van der Waals surface area contributed by atoms with E-state index >= 15 is 0 Å². The summed E-state index contributed by atoms with van der Waals surface area (Å²) in [6, 6.07) is 9.92. The first-order chi connectivity index (χ1) is 14.9. The lowest BCUT2D eigenvalue weighted by atomic mass is 9.92. The Balaban J connectivity index is 1.65. The molecule has 2 aliphatic rings. The van der Waals surface area contributed by atoms with Crippen LogP contribution in [0.3, 0.4) is 0 Å². The number of aryl methyl sites for hydroxylation is 1. The van der Waals surface area contributed by atoms with Crippen molar-refractivity contribution in [2.45, 2.75) is 37.8 Å². The summed E-state index contributed by atoms with van der Waals surface area (Å²) in [6.45, 7) is 6.28. The first-order valence-corrected chi connectivity index (χ1v) is 10.8. The van der Waals surface area contributed by atoms with Crippen molar-refractivity contribution in [3.05, 3.63) is 94.6 Å². The molecular weight excluding hydrogens is 408 g/mol. The third-order valence-corrected chi connectivity index (χ3v) is 6.30. The Bertz CT molecular complexity index is 1190. The fourth-order valence-electron chi connectivity index (χ4n) is 4.09. The van der Waals surface area contributed by atoms with E-state index in [0.29, 0.717) is 10.9 Å². The van der Waals surface area contributed by atoms with Crippen LogP contribution in [-0.4, -0.2) is 20.1 Å². The molecular formula is C25H25ClN4O. The first kappa shape index (κ1) is 19.9. The zero-order chi connectivity index (χ0) is 21.6. The van der Waals surface area contributed by atoms with Crippen molar-refractivity contribution in [1.82, 2.24) is 19.9 Å². The Hall–Kier alpha value is -3.05. The van der Waals surface area contributed by atoms with Crippen molar-refractivity contribution in [2.75, 3.05) is 0 Å². The molecule has 1 unspecified atom stereocenters. The molecule has 3 aromatic rings. The van der Waals surface area contributed by atoms with Gasteiger partial charge in [0.15, 0.2) is 5.88 Å². The molecule has 0 aliphatic heterocycles. The SMILES string of the molecule is C=C(NC(C1=Cc2cccnc2Cc2ccc(Cl)cc21)c1cncn1C)OC1(C)CC1. The number of ether oxygens (including phenoxy) is 1. The molecule has 0 spiro atoms. The molecule has 2 heterocycles. The molecule has 1 atom stereocenters. The van der Waals surface area contributed by atoms with Gasteiger partial charge in [-0.3, -0.25) is 4.98 Å². The van der Waals surface area contributed by atoms with E-state index < -0.39 is 0 Å². The number of nitrogens with zero attached hydrogens (tertiary/aromatic N) is 3. The monoisotopic (exact) mass is 432 g/mol.